The van der Waals surface area contributed by atoms with Crippen molar-refractivity contribution in [1.29, 1.82) is 0 Å². The van der Waals surface area contributed by atoms with Crippen LogP contribution in [0.25, 0.3) is 21.5 Å². The van der Waals surface area contributed by atoms with Crippen molar-refractivity contribution in [1.82, 2.24) is 0 Å². The van der Waals surface area contributed by atoms with Crippen LogP contribution < -0.4 is 4.90 Å². The van der Waals surface area contributed by atoms with Crippen molar-refractivity contribution in [2.45, 2.75) is 89.7 Å². The summed E-state index contributed by atoms with van der Waals surface area (Å²) in [6.07, 6.45) is 5.77. The van der Waals surface area contributed by atoms with Gasteiger partial charge in [-0.1, -0.05) is 32.4 Å². The molecule has 0 bridgehead atoms. The number of carboxylic acid groups (broad SMARTS) is 1. The average Bonchev–Trinajstić information content (AvgIpc) is 3.97. The number of aliphatic carboxylic acids is 1. The Morgan fingerprint density at radius 2 is 1.18 bits per heavy atom. The summed E-state index contributed by atoms with van der Waals surface area (Å²) in [6, 6.07) is 9.06. The summed E-state index contributed by atoms with van der Waals surface area (Å²) in [4.78, 5) is 9.78. The van der Waals surface area contributed by atoms with Crippen LogP contribution in [0.4, 0.5) is 11.4 Å². The van der Waals surface area contributed by atoms with E-state index in [0.29, 0.717) is 86.2 Å². The first-order valence-electron chi connectivity index (χ1n) is 24.7. The second-order valence-corrected chi connectivity index (χ2v) is 26.6. The molecule has 436 valence electrons. The van der Waals surface area contributed by atoms with E-state index in [2.05, 4.69) is 0 Å². The second kappa shape index (κ2) is 25.5. The third-order valence-electron chi connectivity index (χ3n) is 13.7. The molecule has 0 fully saturated rings. The summed E-state index contributed by atoms with van der Waals surface area (Å²) in [5, 5.41) is 9.00. The van der Waals surface area contributed by atoms with Gasteiger partial charge in [0.2, 0.25) is 5.69 Å². The van der Waals surface area contributed by atoms with E-state index < -0.39 is 92.7 Å². The number of hydrogen-bond donors (Lipinski definition) is 5. The summed E-state index contributed by atoms with van der Waals surface area (Å²) in [6.45, 7) is 7.89. The predicted octanol–water partition coefficient (Wildman–Crippen LogP) is 5.26. The number of carbonyl (C=O) groups is 1. The summed E-state index contributed by atoms with van der Waals surface area (Å²) in [5.74, 6) is -1.73. The maximum absolute atomic E-state index is 12.8. The number of hydrogen-bond acceptors (Lipinski definition) is 18. The fourth-order valence-electron chi connectivity index (χ4n) is 10.2. The van der Waals surface area contributed by atoms with Crippen molar-refractivity contribution in [3.8, 4) is 0 Å². The first-order chi connectivity index (χ1) is 36.8. The Balaban J connectivity index is 1.50. The topological polar surface area (TPSA) is 364 Å². The lowest BCUT2D eigenvalue weighted by Gasteiger charge is -2.27. The molecule has 0 amide bonds. The van der Waals surface area contributed by atoms with Crippen LogP contribution in [0, 0.1) is 0 Å². The molecule has 79 heavy (non-hydrogen) atoms. The fraction of sp³-hybridized carbons (Fsp3) is 0.480. The summed E-state index contributed by atoms with van der Waals surface area (Å²) in [5.41, 5.74) is -0.226. The smallest absolute Gasteiger partial charge is 0.303 e. The number of anilines is 1. The van der Waals surface area contributed by atoms with Gasteiger partial charge in [-0.05, 0) is 91.4 Å². The number of carboxylic acids is 1. The molecule has 0 saturated carbocycles. The molecule has 1 unspecified atom stereocenters. The lowest BCUT2D eigenvalue weighted by molar-refractivity contribution is -0.442. The van der Waals surface area contributed by atoms with Crippen LogP contribution in [0.5, 0.6) is 0 Å². The number of nitrogens with zero attached hydrogens (tertiary/aromatic N) is 2. The van der Waals surface area contributed by atoms with Gasteiger partial charge in [0.1, 0.15) is 21.6 Å². The van der Waals surface area contributed by atoms with Crippen molar-refractivity contribution >= 4 is 95.2 Å². The Kier molecular flexibility index (Phi) is 20.5. The van der Waals surface area contributed by atoms with E-state index in [-0.39, 0.29) is 92.5 Å². The van der Waals surface area contributed by atoms with Gasteiger partial charge in [0, 0.05) is 65.4 Å². The van der Waals surface area contributed by atoms with Crippen LogP contribution in [-0.2, 0) is 89.9 Å². The molecule has 0 radical (unpaired) electrons. The van der Waals surface area contributed by atoms with Gasteiger partial charge >= 0.3 is 5.97 Å². The monoisotopic (exact) mass is 1200 g/mol. The summed E-state index contributed by atoms with van der Waals surface area (Å²) >= 11 is 0. The molecule has 6 rings (SSSR count). The van der Waals surface area contributed by atoms with E-state index in [4.69, 9.17) is 23.7 Å². The first-order valence-corrected chi connectivity index (χ1v) is 32.0. The van der Waals surface area contributed by atoms with Gasteiger partial charge in [0.05, 0.1) is 78.7 Å². The minimum atomic E-state index is -5.42. The summed E-state index contributed by atoms with van der Waals surface area (Å²) < 4.78 is 209. The highest BCUT2D eigenvalue weighted by Crippen LogP contribution is 2.53. The van der Waals surface area contributed by atoms with Gasteiger partial charge in [-0.2, -0.15) is 38.2 Å². The van der Waals surface area contributed by atoms with E-state index in [1.807, 2.05) is 4.90 Å². The minimum Gasteiger partial charge on any atom is -0.744 e. The van der Waals surface area contributed by atoms with Gasteiger partial charge in [0.25, 0.3) is 40.5 Å². The van der Waals surface area contributed by atoms with Gasteiger partial charge in [0.15, 0.2) is 12.3 Å². The SMILES string of the molecule is COCCOCCOCCOCCOCC[N+]1=C(/C=C/C=C2/N(CCCCCC(=O)O)c3ccc4c(S(=O)(=O)O)cc(S(=O)(=O)O)cc4c3C2(C)C)C(C)(CCCS(=O)(=O)O)c2c1ccc1c(S(=O)(=O)[O-])cc(S(=O)(=O)O)cc21. The zero-order valence-corrected chi connectivity index (χ0v) is 47.8. The van der Waals surface area contributed by atoms with Crippen LogP contribution in [0.1, 0.15) is 70.4 Å². The quantitative estimate of drug-likeness (QED) is 0.0244. The molecule has 0 saturated heterocycles. The van der Waals surface area contributed by atoms with Crippen molar-refractivity contribution in [2.75, 3.05) is 90.3 Å². The van der Waals surface area contributed by atoms with Gasteiger partial charge in [-0.3, -0.25) is 23.0 Å². The highest BCUT2D eigenvalue weighted by molar-refractivity contribution is 7.87. The van der Waals surface area contributed by atoms with Gasteiger partial charge in [-0.25, -0.2) is 8.42 Å². The number of allylic oxidation sites excluding steroid dienone is 4. The fourth-order valence-corrected chi connectivity index (χ4v) is 13.4. The van der Waals surface area contributed by atoms with Crippen molar-refractivity contribution < 1.29 is 103 Å². The molecule has 2 aliphatic rings. The van der Waals surface area contributed by atoms with Crippen LogP contribution in [0.2, 0.25) is 0 Å². The number of rotatable bonds is 31. The summed E-state index contributed by atoms with van der Waals surface area (Å²) in [7, 11) is -23.7. The van der Waals surface area contributed by atoms with Crippen LogP contribution in [0.15, 0.2) is 92.0 Å². The molecule has 0 aromatic heterocycles. The molecule has 2 heterocycles. The highest BCUT2D eigenvalue weighted by atomic mass is 32.2. The molecular weight excluding hydrogens is 1140 g/mol. The number of benzene rings is 4. The Morgan fingerprint density at radius 3 is 1.71 bits per heavy atom. The van der Waals surface area contributed by atoms with E-state index in [1.165, 1.54) is 18.2 Å². The van der Waals surface area contributed by atoms with Gasteiger partial charge in [-0.15, -0.1) is 0 Å². The molecule has 1 atom stereocenters. The molecule has 29 heteroatoms. The Labute approximate surface area is 459 Å². The van der Waals surface area contributed by atoms with Crippen molar-refractivity contribution in [3.05, 3.63) is 83.6 Å². The van der Waals surface area contributed by atoms with E-state index in [0.717, 1.165) is 12.1 Å². The zero-order valence-electron chi connectivity index (χ0n) is 43.7. The van der Waals surface area contributed by atoms with Crippen LogP contribution >= 0.6 is 0 Å². The lowest BCUT2D eigenvalue weighted by atomic mass is 9.74. The Bertz CT molecular complexity index is 3630. The Hall–Kier alpha value is -4.83. The lowest BCUT2D eigenvalue weighted by Crippen LogP contribution is -2.33. The zero-order chi connectivity index (χ0) is 58.4. The number of fused-ring (bicyclic) bond motifs is 6. The molecule has 5 N–H and O–H groups in total. The third kappa shape index (κ3) is 15.4. The predicted molar refractivity (Wildman–Crippen MR) is 287 cm³/mol. The molecule has 4 aromatic rings. The maximum Gasteiger partial charge on any atom is 0.303 e. The standard InChI is InChI=1S/C50H64N2O22S5/c1-49(2)44(51(18-7-5-6-12-46(53)54)40-15-13-36-38(47(40)49)30-34(76(58,59)60)32-42(36)78(64,65)66)10-8-11-45-50(3,17-9-29-75(55,56)57)48-39-31-35(77(61,62)63)33-43(79(67,68)69)37(39)14-16-41(48)52(45)19-20-71-23-24-73-27-28-74-26-25-72-22-21-70-4/h8,10-11,13-16,30-33H,5-7,9,12,17-29H2,1-4H3,(H5-,53,54,55,56,57,58,59,60,61,62,63,64,65,66,67,68,69). The van der Waals surface area contributed by atoms with E-state index in [9.17, 15) is 74.8 Å². The van der Waals surface area contributed by atoms with Crippen molar-refractivity contribution in [2.24, 2.45) is 0 Å². The maximum atomic E-state index is 12.8. The molecule has 4 aromatic carbocycles. The third-order valence-corrected chi connectivity index (χ3v) is 17.9. The van der Waals surface area contributed by atoms with E-state index in [1.54, 1.807) is 56.8 Å². The molecule has 0 aliphatic carbocycles. The minimum absolute atomic E-state index is 0.00307. The van der Waals surface area contributed by atoms with Gasteiger partial charge < -0.3 is 38.2 Å². The van der Waals surface area contributed by atoms with Crippen LogP contribution in [-0.4, -0.2) is 172 Å². The molecule has 2 aliphatic heterocycles. The molecular formula is C50H64N2O22S5. The molecule has 0 spiro atoms. The number of ether oxygens (including phenoxy) is 5. The largest absolute Gasteiger partial charge is 0.744 e. The van der Waals surface area contributed by atoms with E-state index >= 15 is 0 Å². The average molecular weight is 1210 g/mol. The normalized spacial score (nSPS) is 17.5. The van der Waals surface area contributed by atoms with Crippen molar-refractivity contribution in [3.63, 3.8) is 0 Å². The number of unbranched alkanes of at least 4 members (excludes halogenated alkanes) is 2. The van der Waals surface area contributed by atoms with Crippen LogP contribution in [0.3, 0.4) is 0 Å². The first kappa shape index (κ1) is 63.4. The molecule has 24 nitrogen and oxygen atoms in total. The Morgan fingerprint density at radius 1 is 0.646 bits per heavy atom. The number of methoxy groups -OCH3 is 1. The second-order valence-electron chi connectivity index (χ2n) is 19.4. The highest BCUT2D eigenvalue weighted by Gasteiger charge is 2.49.